The molecule has 0 spiro atoms. The average molecular weight is 1840 g/mol. The van der Waals surface area contributed by atoms with Crippen molar-refractivity contribution in [2.75, 3.05) is 43.5 Å². The van der Waals surface area contributed by atoms with Gasteiger partial charge >= 0.3 is 38.4 Å². The fraction of sp³-hybridized carbons (Fsp3) is 0.521. The van der Waals surface area contributed by atoms with Crippen LogP contribution in [-0.2, 0) is 90.4 Å². The minimum atomic E-state index is -5.43. The maximum absolute atomic E-state index is 17.2. The number of unbranched alkanes of at least 4 members (excludes halogenated alkanes) is 11. The number of ether oxygens (including phenoxy) is 5. The molecule has 4 saturated heterocycles. The summed E-state index contributed by atoms with van der Waals surface area (Å²) in [7, 11) is -5.43. The summed E-state index contributed by atoms with van der Waals surface area (Å²) in [5.74, 6) is -3.34. The number of halogens is 2. The van der Waals surface area contributed by atoms with E-state index in [9.17, 15) is 57.4 Å². The molecule has 631 valence electrons. The molecule has 7 heterocycles. The van der Waals surface area contributed by atoms with Crippen molar-refractivity contribution in [3.8, 4) is 11.5 Å². The summed E-state index contributed by atoms with van der Waals surface area (Å²) >= 11 is 5.55. The molecule has 4 aliphatic rings. The van der Waals surface area contributed by atoms with E-state index in [4.69, 9.17) is 60.1 Å². The van der Waals surface area contributed by atoms with Crippen LogP contribution in [0, 0.1) is 42.8 Å². The normalized spacial score (nSPS) is 23.3. The molecule has 6 aromatic rings. The van der Waals surface area contributed by atoms with Crippen molar-refractivity contribution in [3.63, 3.8) is 0 Å². The summed E-state index contributed by atoms with van der Waals surface area (Å²) in [5.41, 5.74) is 4.37. The molecule has 5 unspecified atom stereocenters. The topological polar surface area (TPSA) is 462 Å². The van der Waals surface area contributed by atoms with Crippen LogP contribution in [0.1, 0.15) is 157 Å². The van der Waals surface area contributed by atoms with Crippen LogP contribution in [0.2, 0.25) is 0 Å². The number of anilines is 2. The number of imide groups is 1. The molecule has 0 aliphatic carbocycles. The number of nitrogens with zero attached hydrogens (tertiary/aromatic N) is 6. The molecule has 4 aliphatic heterocycles. The number of esters is 1. The number of hydrogen-bond donors (Lipinski definition) is 8. The number of rotatable bonds is 37. The van der Waals surface area contributed by atoms with Crippen LogP contribution in [0.3, 0.4) is 0 Å². The molecule has 9 N–H and O–H groups in total. The van der Waals surface area contributed by atoms with Crippen molar-refractivity contribution in [1.29, 1.82) is 0 Å². The number of hydrogen-bond acceptors (Lipinski definition) is 26. The van der Waals surface area contributed by atoms with Crippen molar-refractivity contribution in [1.82, 2.24) is 49.9 Å². The van der Waals surface area contributed by atoms with Gasteiger partial charge in [0.25, 0.3) is 5.56 Å². The molecule has 0 bridgehead atoms. The largest absolute Gasteiger partial charge is 0.779 e. The Hall–Kier alpha value is -7.78. The van der Waals surface area contributed by atoms with Crippen LogP contribution in [0.5, 0.6) is 11.5 Å². The Bertz CT molecular complexity index is 4560. The number of nitrogens with two attached hydrogens (primary N) is 1. The number of aromatic amines is 1. The molecule has 35 nitrogen and oxygen atoms in total. The number of amides is 8. The molecule has 3 aromatic heterocycles. The summed E-state index contributed by atoms with van der Waals surface area (Å²) in [4.78, 5) is 155. The van der Waals surface area contributed by atoms with E-state index in [1.807, 2.05) is 4.98 Å². The van der Waals surface area contributed by atoms with Crippen LogP contribution < -0.4 is 53.0 Å². The predicted molar refractivity (Wildman–Crippen MR) is 411 cm³/mol. The number of urea groups is 1. The van der Waals surface area contributed by atoms with Gasteiger partial charge in [-0.3, -0.25) is 71.2 Å². The predicted octanol–water partition coefficient (Wildman–Crippen LogP) is 8.93. The summed E-state index contributed by atoms with van der Waals surface area (Å²) in [6, 6.07) is 16.3. The van der Waals surface area contributed by atoms with Crippen molar-refractivity contribution < 1.29 is 140 Å². The molecular weight excluding hydrogens is 1740 g/mol. The molecular formula is C73H92F2N13O22P2S2Tm-. The average Bonchev–Trinajstić information content (AvgIpc) is 1.62. The number of H-pyrrole nitrogens is 1. The number of carbonyl (C=O) groups is 8. The first-order valence-electron chi connectivity index (χ1n) is 37.5. The number of aromatic nitrogens is 6. The zero-order valence-electron chi connectivity index (χ0n) is 63.0. The van der Waals surface area contributed by atoms with Gasteiger partial charge in [-0.05, 0) is 103 Å². The van der Waals surface area contributed by atoms with Crippen LogP contribution in [0.4, 0.5) is 29.9 Å². The summed E-state index contributed by atoms with van der Waals surface area (Å²) in [6.45, 7) is -0.951. The number of phosphoric ester groups is 1. The number of alkyl halides is 2. The molecule has 0 saturated carbocycles. The summed E-state index contributed by atoms with van der Waals surface area (Å²) < 4.78 is 117. The fourth-order valence-electron chi connectivity index (χ4n) is 12.8. The van der Waals surface area contributed by atoms with E-state index in [1.54, 1.807) is 50.2 Å². The standard InChI is InChI=1S/C73H93F2N13O22P2S2.Tm/c1-4-5-6-7-8-9-10-11-12-16-35-102-48-28-22-46(23-29-48)70(95)106-49-26-20-45(21-27-49)40-114-112(101)105-39-52-61(109-111(99,100)104-38-51-62(110-112)58(75)68(107-51)87-34-31-55(90)84-72(87)97)57(74)69(108-52)88-42-80-60-63(78-41-79-64(60)88)85-73(98)103-37-44-18-24-47(25-19-44)81-65(92)50(30-32-77-71(76)96)82-66(93)59(43(2)3)83-54(89)17-14-13-15-33-86-56(91)36-53(113)67(86)94;/h18-29,31,34,41-43,50-53,57-59,61-62,68-69,113H,4-17,30,32-33,35-40H2,1-3H3,(H,81,92)(H,82,93)(H,83,89)(H,99,100)(H3,76,77,96)(H,84,90,97)(H,78,79,85,98);/p-1/t50?,51-,52-,53?,57-,58-,59?,61-,62-,68-,69-,112?;/m1./s1. The monoisotopic (exact) mass is 1840 g/mol. The Labute approximate surface area is 698 Å². The SMILES string of the molecule is CCCCCCCCCCCCOc1ccc(C(=O)Oc2ccc(CSP3(=O)OC[C@H]4O[C@@H](n5cnc6c(NC(=O)OCc7ccc(NC(=O)C(CCNC(N)=O)NC(=O)C(NC(=O)CCCCCN8C(=O)CC([S-])C8=O)C(C)C)cc7)ncnc65)[C@H](F)[C@@H]4OP(=O)(O)OC[C@H]4O[C@@H](n5ccc(=O)[nH]c5=O)[C@H](F)[C@@H]4O3)cc2)cc1.[Tm]. The molecule has 10 rings (SSSR count). The van der Waals surface area contributed by atoms with Gasteiger partial charge in [-0.1, -0.05) is 114 Å². The van der Waals surface area contributed by atoms with Gasteiger partial charge in [0.15, 0.2) is 41.8 Å². The first-order valence-corrected chi connectivity index (χ1v) is 42.6. The first-order chi connectivity index (χ1) is 54.6. The maximum atomic E-state index is 17.2. The quantitative estimate of drug-likeness (QED) is 0.00450. The number of imidazole rings is 1. The van der Waals surface area contributed by atoms with Crippen molar-refractivity contribution in [2.45, 2.75) is 202 Å². The number of primary amides is 1. The minimum absolute atomic E-state index is 0. The smallest absolute Gasteiger partial charge is 0.472 e. The third-order valence-electron chi connectivity index (χ3n) is 18.9. The van der Waals surface area contributed by atoms with Crippen LogP contribution in [0.15, 0.2) is 107 Å². The number of carbonyl (C=O) groups excluding carboxylic acids is 8. The molecule has 42 heteroatoms. The Morgan fingerprint density at radius 1 is 0.748 bits per heavy atom. The summed E-state index contributed by atoms with van der Waals surface area (Å²) in [5, 5.41) is 12.1. The zero-order chi connectivity index (χ0) is 81.6. The van der Waals surface area contributed by atoms with Gasteiger partial charge < -0.3 is 68.2 Å². The number of likely N-dealkylation sites (tertiary alicyclic amines) is 1. The molecule has 13 atom stereocenters. The van der Waals surface area contributed by atoms with E-state index in [2.05, 4.69) is 48.5 Å². The third-order valence-corrected chi connectivity index (χ3v) is 23.9. The fourth-order valence-corrected chi connectivity index (χ4v) is 17.4. The van der Waals surface area contributed by atoms with E-state index in [0.29, 0.717) is 58.7 Å². The van der Waals surface area contributed by atoms with E-state index in [1.165, 1.54) is 81.3 Å². The van der Waals surface area contributed by atoms with Gasteiger partial charge in [-0.25, -0.2) is 52.0 Å². The Morgan fingerprint density at radius 2 is 1.38 bits per heavy atom. The number of fused-ring (bicyclic) bond motifs is 3. The van der Waals surface area contributed by atoms with E-state index < -0.39 is 153 Å². The molecule has 3 aromatic carbocycles. The number of nitrogens with one attached hydrogen (secondary N) is 6. The molecule has 8 amide bonds. The second kappa shape index (κ2) is 43.6. The number of phosphoric acid groups is 1. The van der Waals surface area contributed by atoms with Gasteiger partial charge in [0, 0.05) is 86.5 Å². The maximum Gasteiger partial charge on any atom is 0.472 e. The van der Waals surface area contributed by atoms with Crippen LogP contribution >= 0.6 is 26.0 Å². The van der Waals surface area contributed by atoms with Crippen molar-refractivity contribution in [2.24, 2.45) is 11.7 Å². The second-order valence-electron chi connectivity index (χ2n) is 27.8. The van der Waals surface area contributed by atoms with E-state index >= 15 is 13.3 Å². The Kier molecular flexibility index (Phi) is 34.6. The van der Waals surface area contributed by atoms with Crippen molar-refractivity contribution >= 4 is 109 Å². The minimum Gasteiger partial charge on any atom is -0.779 e. The van der Waals surface area contributed by atoms with Gasteiger partial charge in [0.1, 0.15) is 60.9 Å². The summed E-state index contributed by atoms with van der Waals surface area (Å²) in [6.07, 6.45) is -1.03. The Balaban J connectivity index is 0.0000151. The Morgan fingerprint density at radius 3 is 2.03 bits per heavy atom. The van der Waals surface area contributed by atoms with Crippen LogP contribution in [-0.4, -0.2) is 173 Å². The van der Waals surface area contributed by atoms with E-state index in [0.717, 1.165) is 53.6 Å². The van der Waals surface area contributed by atoms with E-state index in [-0.39, 0.29) is 121 Å². The molecule has 115 heavy (non-hydrogen) atoms. The van der Waals surface area contributed by atoms with Crippen LogP contribution in [0.25, 0.3) is 11.2 Å². The van der Waals surface area contributed by atoms with Gasteiger partial charge in [-0.2, -0.15) is 0 Å². The second-order valence-corrected chi connectivity index (χ2v) is 33.8. The van der Waals surface area contributed by atoms with Gasteiger partial charge in [0.2, 0.25) is 29.5 Å². The number of benzene rings is 3. The van der Waals surface area contributed by atoms with Gasteiger partial charge in [0.05, 0.1) is 31.7 Å². The molecule has 4 fully saturated rings. The third kappa shape index (κ3) is 26.1. The van der Waals surface area contributed by atoms with Crippen molar-refractivity contribution in [3.05, 3.63) is 135 Å². The van der Waals surface area contributed by atoms with Gasteiger partial charge in [-0.15, -0.1) is 0 Å². The zero-order valence-corrected chi connectivity index (χ0v) is 68.2. The first kappa shape index (κ1) is 91.1. The molecule has 1 radical (unpaired) electrons.